The monoisotopic (exact) mass is 992 g/mol. The first-order chi connectivity index (χ1) is 33.1. The summed E-state index contributed by atoms with van der Waals surface area (Å²) in [6.07, 6.45) is 0.888. The number of carbonyl (C=O) groups is 4. The number of hydrogen-bond donors (Lipinski definition) is 3. The molecule has 1 unspecified atom stereocenters. The van der Waals surface area contributed by atoms with Crippen molar-refractivity contribution >= 4 is 46.6 Å². The number of β-amino-alcohol motifs (C(OH)–C–C–N with tert-alkyl or cyclic N) is 1. The van der Waals surface area contributed by atoms with Crippen LogP contribution in [0.4, 0.5) is 0 Å². The summed E-state index contributed by atoms with van der Waals surface area (Å²) in [7, 11) is 1.49. The van der Waals surface area contributed by atoms with Gasteiger partial charge in [-0.05, 0) is 79.6 Å². The highest BCUT2D eigenvalue weighted by atomic mass is 35.5. The molecule has 2 fully saturated rings. The van der Waals surface area contributed by atoms with E-state index in [0.717, 1.165) is 33.7 Å². The summed E-state index contributed by atoms with van der Waals surface area (Å²) >= 11 is 7.84. The fourth-order valence-corrected chi connectivity index (χ4v) is 10.9. The highest BCUT2D eigenvalue weighted by molar-refractivity contribution is 7.13. The number of unbranched alkanes of at least 4 members (excludes halogenated alkanes) is 2. The Morgan fingerprint density at radius 3 is 2.30 bits per heavy atom. The largest absolute Gasteiger partial charge is 0.489 e. The van der Waals surface area contributed by atoms with E-state index in [9.17, 15) is 29.5 Å². The van der Waals surface area contributed by atoms with Gasteiger partial charge in [0.1, 0.15) is 36.6 Å². The lowest BCUT2D eigenvalue weighted by Crippen LogP contribution is -2.75. The number of aliphatic hydroxyl groups is 1. The van der Waals surface area contributed by atoms with Gasteiger partial charge < -0.3 is 30.1 Å². The molecule has 1 aliphatic heterocycles. The van der Waals surface area contributed by atoms with Gasteiger partial charge in [0.2, 0.25) is 17.7 Å². The molecule has 1 saturated heterocycles. The number of aliphatic hydroxyl groups excluding tert-OH is 1. The number of halogens is 1. The normalized spacial score (nSPS) is 19.9. The molecule has 0 radical (unpaired) electrons. The average Bonchev–Trinajstić information content (AvgIpc) is 3.94. The van der Waals surface area contributed by atoms with Crippen molar-refractivity contribution in [2.24, 2.45) is 16.2 Å². The van der Waals surface area contributed by atoms with E-state index in [1.807, 2.05) is 92.1 Å². The topological polar surface area (TPSA) is 183 Å². The first kappa shape index (κ1) is 53.5. The van der Waals surface area contributed by atoms with Crippen molar-refractivity contribution in [2.75, 3.05) is 26.9 Å². The van der Waals surface area contributed by atoms with Gasteiger partial charge in [-0.3, -0.25) is 24.0 Å². The second-order valence-electron chi connectivity index (χ2n) is 20.4. The number of hydroxylamine groups is 2. The van der Waals surface area contributed by atoms with E-state index in [4.69, 9.17) is 25.9 Å². The smallest absolute Gasteiger partial charge is 0.277 e. The Hall–Kier alpha value is -5.81. The summed E-state index contributed by atoms with van der Waals surface area (Å²) in [5.74, 6) is 5.30. The molecule has 3 N–H and O–H groups in total. The Kier molecular flexibility index (Phi) is 17.2. The molecular formula is C54H65ClN6O8S. The maximum atomic E-state index is 14.1. The molecule has 2 heterocycles. The molecule has 0 spiro atoms. The lowest BCUT2D eigenvalue weighted by molar-refractivity contribution is -0.273. The number of benzene rings is 3. The van der Waals surface area contributed by atoms with Crippen molar-refractivity contribution in [3.63, 3.8) is 0 Å². The fraction of sp³-hybridized carbons (Fsp3) is 0.481. The zero-order valence-electron chi connectivity index (χ0n) is 41.7. The number of hydrogen-bond acceptors (Lipinski definition) is 11. The molecule has 3 aromatic carbocycles. The van der Waals surface area contributed by atoms with E-state index >= 15 is 0 Å². The van der Waals surface area contributed by atoms with Crippen LogP contribution in [0.15, 0.2) is 72.2 Å². The molecule has 14 nitrogen and oxygen atoms in total. The average molecular weight is 994 g/mol. The number of thiazole rings is 1. The van der Waals surface area contributed by atoms with Crippen LogP contribution >= 0.6 is 22.9 Å². The number of nitrogens with one attached hydrogen (secondary N) is 2. The molecule has 4 aromatic rings. The van der Waals surface area contributed by atoms with Gasteiger partial charge in [0.15, 0.2) is 0 Å². The third-order valence-electron chi connectivity index (χ3n) is 13.2. The van der Waals surface area contributed by atoms with Crippen LogP contribution in [0.3, 0.4) is 0 Å². The van der Waals surface area contributed by atoms with E-state index in [2.05, 4.69) is 33.5 Å². The molecule has 70 heavy (non-hydrogen) atoms. The van der Waals surface area contributed by atoms with Crippen molar-refractivity contribution in [3.05, 3.63) is 105 Å². The maximum Gasteiger partial charge on any atom is 0.277 e. The number of carbonyl (C=O) groups excluding carboxylic acids is 4. The molecule has 16 heteroatoms. The summed E-state index contributed by atoms with van der Waals surface area (Å²) < 4.78 is 12.1. The van der Waals surface area contributed by atoms with E-state index in [1.54, 1.807) is 53.8 Å². The molecule has 1 saturated carbocycles. The van der Waals surface area contributed by atoms with Gasteiger partial charge in [-0.2, -0.15) is 5.26 Å². The van der Waals surface area contributed by atoms with Crippen LogP contribution in [0.1, 0.15) is 120 Å². The SMILES string of the molecule is CON(C(=O)c1ccc(C#CCCCCOCC(=O)N[C@H](C(=O)N2C[C@H](O)CC2C(=O)N[C@@H](C)c2ccc(-c3scnc3C)cc2)C(C)(C)C)cc1)C1C(C)(C)C(Oc2ccc(C#N)c(Cl)c2)C1(C)C. The van der Waals surface area contributed by atoms with Gasteiger partial charge in [-0.25, -0.2) is 10.0 Å². The van der Waals surface area contributed by atoms with E-state index in [1.165, 1.54) is 17.1 Å². The van der Waals surface area contributed by atoms with Gasteiger partial charge >= 0.3 is 0 Å². The quantitative estimate of drug-likeness (QED) is 0.0527. The van der Waals surface area contributed by atoms with Crippen molar-refractivity contribution in [1.29, 1.82) is 5.26 Å². The number of ether oxygens (including phenoxy) is 2. The van der Waals surface area contributed by atoms with Crippen LogP contribution in [-0.4, -0.2) is 101 Å². The van der Waals surface area contributed by atoms with E-state index in [-0.39, 0.29) is 49.6 Å². The predicted molar refractivity (Wildman–Crippen MR) is 269 cm³/mol. The Morgan fingerprint density at radius 2 is 1.70 bits per heavy atom. The first-order valence-electron chi connectivity index (χ1n) is 23.6. The lowest BCUT2D eigenvalue weighted by atomic mass is 9.49. The minimum Gasteiger partial charge on any atom is -0.489 e. The number of nitrogens with zero attached hydrogens (tertiary/aromatic N) is 4. The predicted octanol–water partition coefficient (Wildman–Crippen LogP) is 8.44. The van der Waals surface area contributed by atoms with Crippen molar-refractivity contribution in [3.8, 4) is 34.1 Å². The van der Waals surface area contributed by atoms with Gasteiger partial charge in [-0.15, -0.1) is 11.3 Å². The highest BCUT2D eigenvalue weighted by Gasteiger charge is 2.67. The number of likely N-dealkylation sites (tertiary alicyclic amines) is 1. The number of nitriles is 1. The van der Waals surface area contributed by atoms with Crippen LogP contribution in [-0.2, 0) is 24.0 Å². The highest BCUT2D eigenvalue weighted by Crippen LogP contribution is 2.58. The maximum absolute atomic E-state index is 14.1. The first-order valence-corrected chi connectivity index (χ1v) is 24.8. The zero-order valence-corrected chi connectivity index (χ0v) is 43.3. The van der Waals surface area contributed by atoms with Crippen molar-refractivity contribution in [2.45, 2.75) is 124 Å². The second-order valence-corrected chi connectivity index (χ2v) is 21.6. The molecule has 1 aliphatic carbocycles. The van der Waals surface area contributed by atoms with Crippen LogP contribution in [0.25, 0.3) is 10.4 Å². The molecule has 4 amide bonds. The molecule has 2 aliphatic rings. The Bertz CT molecular complexity index is 2610. The third kappa shape index (κ3) is 12.2. The minimum absolute atomic E-state index is 0.0237. The summed E-state index contributed by atoms with van der Waals surface area (Å²) in [6.45, 7) is 17.5. The number of rotatable bonds is 17. The van der Waals surface area contributed by atoms with Crippen LogP contribution in [0.2, 0.25) is 5.02 Å². The van der Waals surface area contributed by atoms with Crippen molar-refractivity contribution in [1.82, 2.24) is 25.6 Å². The van der Waals surface area contributed by atoms with Crippen LogP contribution in [0, 0.1) is 46.3 Å². The molecule has 4 atom stereocenters. The van der Waals surface area contributed by atoms with E-state index in [0.29, 0.717) is 41.3 Å². The Morgan fingerprint density at radius 1 is 1.01 bits per heavy atom. The van der Waals surface area contributed by atoms with Gasteiger partial charge in [0.25, 0.3) is 5.91 Å². The minimum atomic E-state index is -0.969. The Labute approximate surface area is 421 Å². The lowest BCUT2D eigenvalue weighted by Gasteiger charge is -2.64. The number of aryl methyl sites for hydroxylation is 1. The molecule has 1 aromatic heterocycles. The number of aromatic nitrogens is 1. The summed E-state index contributed by atoms with van der Waals surface area (Å²) in [5, 5.41) is 27.5. The van der Waals surface area contributed by atoms with Gasteiger partial charge in [-0.1, -0.05) is 96.2 Å². The molecule has 0 bridgehead atoms. The van der Waals surface area contributed by atoms with Crippen LogP contribution in [0.5, 0.6) is 5.75 Å². The second kappa shape index (κ2) is 22.5. The summed E-state index contributed by atoms with van der Waals surface area (Å²) in [4.78, 5) is 67.2. The zero-order chi connectivity index (χ0) is 51.1. The van der Waals surface area contributed by atoms with E-state index < -0.39 is 46.2 Å². The van der Waals surface area contributed by atoms with Gasteiger partial charge in [0.05, 0.1) is 52.0 Å². The van der Waals surface area contributed by atoms with Crippen molar-refractivity contribution < 1.29 is 38.6 Å². The van der Waals surface area contributed by atoms with Crippen LogP contribution < -0.4 is 15.4 Å². The molecule has 6 rings (SSSR count). The Balaban J connectivity index is 0.932. The standard InChI is InChI=1S/C54H65ClN6O8S/c1-33(36-20-22-37(23-21-36)45-34(2)57-32-70-45)58-47(64)43-27-40(62)30-60(43)49(66)46(52(3,4)5)59-44(63)31-68-26-14-12-11-13-15-35-16-18-38(19-17-35)48(65)61(67-10)50-53(6,7)51(54(50,8)9)69-41-25-24-39(29-56)42(55)28-41/h16-25,28,32-33,40,43,46,50-51,62H,11-12,14,26-27,30-31H2,1-10H3,(H,58,64)(H,59,63)/t33-,40+,43?,46+,50?,51?/m0/s1. The molecule has 372 valence electrons. The molecular weight excluding hydrogens is 928 g/mol. The van der Waals surface area contributed by atoms with Gasteiger partial charge in [0, 0.05) is 54.0 Å². The summed E-state index contributed by atoms with van der Waals surface area (Å²) in [6, 6.07) is 19.5. The summed E-state index contributed by atoms with van der Waals surface area (Å²) in [5.41, 5.74) is 4.57. The fourth-order valence-electron chi connectivity index (χ4n) is 9.91. The number of amides is 4. The third-order valence-corrected chi connectivity index (χ3v) is 14.5.